The molecule has 0 heterocycles. The van der Waals surface area contributed by atoms with E-state index in [0.717, 1.165) is 16.8 Å². The molecule has 0 fully saturated rings. The van der Waals surface area contributed by atoms with Gasteiger partial charge in [0.2, 0.25) is 0 Å². The molecule has 0 aliphatic carbocycles. The van der Waals surface area contributed by atoms with Gasteiger partial charge in [0, 0.05) is 17.3 Å². The molecule has 0 saturated carbocycles. The van der Waals surface area contributed by atoms with E-state index >= 15 is 0 Å². The molecule has 0 aromatic heterocycles. The first-order chi connectivity index (χ1) is 11.0. The first-order valence-corrected chi connectivity index (χ1v) is 7.10. The Bertz CT molecular complexity index is 742. The molecule has 0 atom stereocenters. The third kappa shape index (κ3) is 4.74. The van der Waals surface area contributed by atoms with Gasteiger partial charge in [0.25, 0.3) is 5.91 Å². The Kier molecular flexibility index (Phi) is 5.19. The van der Waals surface area contributed by atoms with E-state index in [2.05, 4.69) is 15.8 Å². The van der Waals surface area contributed by atoms with Gasteiger partial charge in [-0.25, -0.2) is 5.43 Å². The van der Waals surface area contributed by atoms with Crippen LogP contribution in [0.1, 0.15) is 16.7 Å². The quantitative estimate of drug-likeness (QED) is 0.503. The molecule has 2 rings (SSSR count). The summed E-state index contributed by atoms with van der Waals surface area (Å²) in [5, 5.41) is 25.6. The van der Waals surface area contributed by atoms with Crippen LogP contribution >= 0.6 is 0 Å². The van der Waals surface area contributed by atoms with Crippen LogP contribution < -0.4 is 10.7 Å². The number of rotatable bonds is 5. The fourth-order valence-corrected chi connectivity index (χ4v) is 2.04. The molecule has 6 nitrogen and oxygen atoms in total. The SMILES string of the molecule is Cc1ccc(NCC(=O)NN=Cc2ccc(O)cc2O)c(C)c1. The van der Waals surface area contributed by atoms with Gasteiger partial charge < -0.3 is 15.5 Å². The van der Waals surface area contributed by atoms with Crippen LogP contribution in [-0.2, 0) is 4.79 Å². The summed E-state index contributed by atoms with van der Waals surface area (Å²) in [6, 6.07) is 10.0. The third-order valence-electron chi connectivity index (χ3n) is 3.23. The molecular weight excluding hydrogens is 294 g/mol. The molecule has 0 spiro atoms. The molecular formula is C17H19N3O3. The number of benzene rings is 2. The topological polar surface area (TPSA) is 94.0 Å². The highest BCUT2D eigenvalue weighted by Gasteiger charge is 2.03. The summed E-state index contributed by atoms with van der Waals surface area (Å²) in [5.74, 6) is -0.461. The first-order valence-electron chi connectivity index (χ1n) is 7.10. The summed E-state index contributed by atoms with van der Waals surface area (Å²) >= 11 is 0. The summed E-state index contributed by atoms with van der Waals surface area (Å²) in [5.41, 5.74) is 5.88. The summed E-state index contributed by atoms with van der Waals surface area (Å²) in [7, 11) is 0. The Balaban J connectivity index is 1.86. The minimum absolute atomic E-state index is 0.0404. The van der Waals surface area contributed by atoms with E-state index in [0.29, 0.717) is 5.56 Å². The van der Waals surface area contributed by atoms with Crippen LogP contribution in [0.25, 0.3) is 0 Å². The molecule has 23 heavy (non-hydrogen) atoms. The van der Waals surface area contributed by atoms with Crippen molar-refractivity contribution in [1.29, 1.82) is 0 Å². The Morgan fingerprint density at radius 2 is 1.96 bits per heavy atom. The maximum Gasteiger partial charge on any atom is 0.259 e. The number of nitrogens with one attached hydrogen (secondary N) is 2. The number of hydrazone groups is 1. The van der Waals surface area contributed by atoms with Gasteiger partial charge in [-0.15, -0.1) is 0 Å². The van der Waals surface area contributed by atoms with Crippen molar-refractivity contribution in [3.05, 3.63) is 53.1 Å². The predicted molar refractivity (Wildman–Crippen MR) is 89.9 cm³/mol. The maximum absolute atomic E-state index is 11.7. The number of phenols is 2. The molecule has 0 radical (unpaired) electrons. The number of aromatic hydroxyl groups is 2. The number of hydrogen-bond donors (Lipinski definition) is 4. The van der Waals surface area contributed by atoms with E-state index in [4.69, 9.17) is 0 Å². The zero-order valence-corrected chi connectivity index (χ0v) is 13.0. The second kappa shape index (κ2) is 7.31. The van der Waals surface area contributed by atoms with E-state index in [1.165, 1.54) is 24.4 Å². The lowest BCUT2D eigenvalue weighted by Gasteiger charge is -2.09. The van der Waals surface area contributed by atoms with Gasteiger partial charge in [0.05, 0.1) is 12.8 Å². The normalized spacial score (nSPS) is 10.7. The number of aryl methyl sites for hydroxylation is 2. The van der Waals surface area contributed by atoms with Crippen molar-refractivity contribution < 1.29 is 15.0 Å². The van der Waals surface area contributed by atoms with E-state index in [1.807, 2.05) is 32.0 Å². The van der Waals surface area contributed by atoms with E-state index in [-0.39, 0.29) is 24.0 Å². The highest BCUT2D eigenvalue weighted by atomic mass is 16.3. The van der Waals surface area contributed by atoms with E-state index in [1.54, 1.807) is 0 Å². The van der Waals surface area contributed by atoms with Crippen LogP contribution in [-0.4, -0.2) is 28.9 Å². The van der Waals surface area contributed by atoms with Crippen LogP contribution in [0, 0.1) is 13.8 Å². The zero-order valence-electron chi connectivity index (χ0n) is 13.0. The lowest BCUT2D eigenvalue weighted by molar-refractivity contribution is -0.119. The van der Waals surface area contributed by atoms with Crippen molar-refractivity contribution in [3.63, 3.8) is 0 Å². The average Bonchev–Trinajstić information content (AvgIpc) is 2.48. The fraction of sp³-hybridized carbons (Fsp3) is 0.176. The summed E-state index contributed by atoms with van der Waals surface area (Å²) in [6.45, 7) is 4.07. The predicted octanol–water partition coefficient (Wildman–Crippen LogP) is 2.28. The molecule has 0 aliphatic rings. The van der Waals surface area contributed by atoms with Gasteiger partial charge in [-0.05, 0) is 37.6 Å². The minimum atomic E-state index is -0.306. The number of carbonyl (C=O) groups excluding carboxylic acids is 1. The summed E-state index contributed by atoms with van der Waals surface area (Å²) in [4.78, 5) is 11.7. The number of phenolic OH excluding ortho intramolecular Hbond substituents is 2. The van der Waals surface area contributed by atoms with Gasteiger partial charge in [-0.3, -0.25) is 4.79 Å². The number of nitrogens with zero attached hydrogens (tertiary/aromatic N) is 1. The molecule has 2 aromatic carbocycles. The largest absolute Gasteiger partial charge is 0.508 e. The molecule has 6 heteroatoms. The summed E-state index contributed by atoms with van der Waals surface area (Å²) in [6.07, 6.45) is 1.31. The minimum Gasteiger partial charge on any atom is -0.508 e. The second-order valence-electron chi connectivity index (χ2n) is 5.21. The van der Waals surface area contributed by atoms with Crippen LogP contribution in [0.4, 0.5) is 5.69 Å². The first kappa shape index (κ1) is 16.4. The summed E-state index contributed by atoms with van der Waals surface area (Å²) < 4.78 is 0. The van der Waals surface area contributed by atoms with Crippen molar-refractivity contribution in [1.82, 2.24) is 5.43 Å². The smallest absolute Gasteiger partial charge is 0.259 e. The fourth-order valence-electron chi connectivity index (χ4n) is 2.04. The molecule has 1 amide bonds. The van der Waals surface area contributed by atoms with Gasteiger partial charge >= 0.3 is 0 Å². The zero-order chi connectivity index (χ0) is 16.8. The monoisotopic (exact) mass is 313 g/mol. The van der Waals surface area contributed by atoms with Crippen molar-refractivity contribution in [3.8, 4) is 11.5 Å². The third-order valence-corrected chi connectivity index (χ3v) is 3.23. The van der Waals surface area contributed by atoms with Crippen LogP contribution in [0.3, 0.4) is 0 Å². The molecule has 0 saturated heterocycles. The Hall–Kier alpha value is -3.02. The Labute approximate surface area is 134 Å². The molecule has 120 valence electrons. The van der Waals surface area contributed by atoms with Crippen molar-refractivity contribution in [2.24, 2.45) is 5.10 Å². The number of carbonyl (C=O) groups is 1. The van der Waals surface area contributed by atoms with Crippen LogP contribution in [0.2, 0.25) is 0 Å². The molecule has 2 aromatic rings. The maximum atomic E-state index is 11.7. The standard InChI is InChI=1S/C17H19N3O3/c1-11-3-6-15(12(2)7-11)18-10-17(23)20-19-9-13-4-5-14(21)8-16(13)22/h3-9,18,21-22H,10H2,1-2H3,(H,20,23). The van der Waals surface area contributed by atoms with Crippen LogP contribution in [0.5, 0.6) is 11.5 Å². The number of anilines is 1. The molecule has 0 unspecified atom stereocenters. The van der Waals surface area contributed by atoms with Crippen LogP contribution in [0.15, 0.2) is 41.5 Å². The Morgan fingerprint density at radius 3 is 2.65 bits per heavy atom. The van der Waals surface area contributed by atoms with Gasteiger partial charge in [-0.1, -0.05) is 17.7 Å². The number of hydrogen-bond acceptors (Lipinski definition) is 5. The lowest BCUT2D eigenvalue weighted by Crippen LogP contribution is -2.26. The van der Waals surface area contributed by atoms with Gasteiger partial charge in [0.1, 0.15) is 11.5 Å². The highest BCUT2D eigenvalue weighted by Crippen LogP contribution is 2.20. The van der Waals surface area contributed by atoms with E-state index in [9.17, 15) is 15.0 Å². The van der Waals surface area contributed by atoms with E-state index < -0.39 is 0 Å². The Morgan fingerprint density at radius 1 is 1.17 bits per heavy atom. The highest BCUT2D eigenvalue weighted by molar-refractivity contribution is 5.86. The lowest BCUT2D eigenvalue weighted by atomic mass is 10.1. The average molecular weight is 313 g/mol. The van der Waals surface area contributed by atoms with Crippen molar-refractivity contribution in [2.45, 2.75) is 13.8 Å². The molecule has 4 N–H and O–H groups in total. The second-order valence-corrected chi connectivity index (χ2v) is 5.21. The molecule has 0 bridgehead atoms. The van der Waals surface area contributed by atoms with Crippen molar-refractivity contribution >= 4 is 17.8 Å². The van der Waals surface area contributed by atoms with Gasteiger partial charge in [0.15, 0.2) is 0 Å². The van der Waals surface area contributed by atoms with Crippen molar-refractivity contribution in [2.75, 3.05) is 11.9 Å². The number of amides is 1. The van der Waals surface area contributed by atoms with Gasteiger partial charge in [-0.2, -0.15) is 5.10 Å². The molecule has 0 aliphatic heterocycles.